The minimum absolute atomic E-state index is 0.170. The van der Waals surface area contributed by atoms with E-state index in [0.29, 0.717) is 0 Å². The third-order valence-corrected chi connectivity index (χ3v) is 10.2. The molecule has 2 N–H and O–H groups in total. The topological polar surface area (TPSA) is 30.5 Å². The molecule has 4 nitrogen and oxygen atoms in total. The molecule has 7 rings (SSSR count). The Morgan fingerprint density at radius 1 is 0.481 bits per heavy atom. The van der Waals surface area contributed by atoms with Crippen molar-refractivity contribution in [2.45, 2.75) is 64.7 Å². The number of anilines is 6. The fraction of sp³-hybridized carbons (Fsp3) is 0.208. The Morgan fingerprint density at radius 2 is 0.846 bits per heavy atom. The summed E-state index contributed by atoms with van der Waals surface area (Å²) < 4.78 is 0. The molecule has 0 saturated heterocycles. The van der Waals surface area contributed by atoms with Crippen molar-refractivity contribution >= 4 is 34.1 Å². The van der Waals surface area contributed by atoms with E-state index >= 15 is 0 Å². The van der Waals surface area contributed by atoms with Crippen molar-refractivity contribution in [2.75, 3.05) is 20.4 Å². The van der Waals surface area contributed by atoms with E-state index in [1.54, 1.807) is 0 Å². The summed E-state index contributed by atoms with van der Waals surface area (Å²) in [5.74, 6) is 0. The SMILES string of the molecule is CC1=CCC(C)(Nc2ccccc2N(Cc2ccccc2)c2ccc(N(Cc3ccccc3)c3ccccc3NC3(C)C=CC(C)=CC3)cc2)C=C1. The summed E-state index contributed by atoms with van der Waals surface area (Å²) in [7, 11) is 0. The minimum atomic E-state index is -0.170. The normalized spacial score (nSPS) is 19.4. The molecule has 2 atom stereocenters. The van der Waals surface area contributed by atoms with Crippen molar-refractivity contribution in [1.82, 2.24) is 0 Å². The molecular weight excluding hydrogens is 633 g/mol. The van der Waals surface area contributed by atoms with Crippen molar-refractivity contribution in [3.05, 3.63) is 192 Å². The molecule has 0 radical (unpaired) electrons. The smallest absolute Gasteiger partial charge is 0.0649 e. The van der Waals surface area contributed by atoms with Crippen LogP contribution in [0.2, 0.25) is 0 Å². The Labute approximate surface area is 310 Å². The highest BCUT2D eigenvalue weighted by molar-refractivity contribution is 5.81. The van der Waals surface area contributed by atoms with E-state index in [1.165, 1.54) is 22.3 Å². The van der Waals surface area contributed by atoms with Crippen LogP contribution in [-0.4, -0.2) is 11.1 Å². The first-order valence-electron chi connectivity index (χ1n) is 18.5. The Bertz CT molecular complexity index is 1940. The Balaban J connectivity index is 1.25. The summed E-state index contributed by atoms with van der Waals surface area (Å²) in [6, 6.07) is 48.0. The molecule has 0 heterocycles. The highest BCUT2D eigenvalue weighted by Gasteiger charge is 2.26. The lowest BCUT2D eigenvalue weighted by Gasteiger charge is -2.35. The van der Waals surface area contributed by atoms with E-state index in [9.17, 15) is 0 Å². The molecule has 0 saturated carbocycles. The molecule has 0 fully saturated rings. The van der Waals surface area contributed by atoms with Crippen LogP contribution in [0.25, 0.3) is 0 Å². The maximum Gasteiger partial charge on any atom is 0.0649 e. The molecule has 4 heteroatoms. The number of rotatable bonds is 12. The van der Waals surface area contributed by atoms with Crippen LogP contribution in [0.1, 0.15) is 51.7 Å². The predicted molar refractivity (Wildman–Crippen MR) is 223 cm³/mol. The van der Waals surface area contributed by atoms with Gasteiger partial charge in [0.1, 0.15) is 0 Å². The van der Waals surface area contributed by atoms with Gasteiger partial charge in [0, 0.05) is 24.5 Å². The van der Waals surface area contributed by atoms with Crippen LogP contribution < -0.4 is 20.4 Å². The Kier molecular flexibility index (Phi) is 10.2. The highest BCUT2D eigenvalue weighted by atomic mass is 15.2. The van der Waals surface area contributed by atoms with Gasteiger partial charge in [0.05, 0.1) is 33.8 Å². The Hall–Kier alpha value is -5.74. The van der Waals surface area contributed by atoms with Gasteiger partial charge in [-0.05, 0) is 100 Å². The monoisotopic (exact) mass is 682 g/mol. The van der Waals surface area contributed by atoms with Gasteiger partial charge in [0.15, 0.2) is 0 Å². The largest absolute Gasteiger partial charge is 0.374 e. The van der Waals surface area contributed by atoms with Crippen LogP contribution in [0.15, 0.2) is 181 Å². The number of nitrogens with one attached hydrogen (secondary N) is 2. The number of para-hydroxylation sites is 4. The number of allylic oxidation sites excluding steroid dienone is 4. The average Bonchev–Trinajstić information content (AvgIpc) is 3.17. The highest BCUT2D eigenvalue weighted by Crippen LogP contribution is 2.40. The van der Waals surface area contributed by atoms with Gasteiger partial charge < -0.3 is 20.4 Å². The summed E-state index contributed by atoms with van der Waals surface area (Å²) in [5.41, 5.74) is 11.6. The van der Waals surface area contributed by atoms with Crippen LogP contribution in [0.5, 0.6) is 0 Å². The van der Waals surface area contributed by atoms with Crippen LogP contribution >= 0.6 is 0 Å². The van der Waals surface area contributed by atoms with Crippen molar-refractivity contribution < 1.29 is 0 Å². The van der Waals surface area contributed by atoms with Gasteiger partial charge in [-0.1, -0.05) is 133 Å². The number of hydrogen-bond donors (Lipinski definition) is 2. The van der Waals surface area contributed by atoms with Gasteiger partial charge in [-0.15, -0.1) is 0 Å². The molecular formula is C48H50N4. The molecule has 262 valence electrons. The molecule has 2 unspecified atom stereocenters. The van der Waals surface area contributed by atoms with Crippen LogP contribution in [0.4, 0.5) is 34.1 Å². The first kappa shape index (κ1) is 34.7. The molecule has 5 aromatic rings. The lowest BCUT2D eigenvalue weighted by atomic mass is 9.90. The van der Waals surface area contributed by atoms with Gasteiger partial charge in [-0.3, -0.25) is 0 Å². The standard InChI is InChI=1S/C48H50N4/c1-37-27-31-47(3,32-28-37)49-43-19-11-13-21-45(43)51(35-39-15-7-5-8-16-39)41-23-25-42(26-24-41)52(36-40-17-9-6-10-18-40)46-22-14-12-20-44(46)50-48(4)33-29-38(2)30-34-48/h5-31,33,49-50H,32,34-36H2,1-4H3. The van der Waals surface area contributed by atoms with E-state index in [4.69, 9.17) is 0 Å². The summed E-state index contributed by atoms with van der Waals surface area (Å²) in [5, 5.41) is 7.82. The zero-order chi connectivity index (χ0) is 36.0. The first-order valence-corrected chi connectivity index (χ1v) is 18.5. The van der Waals surface area contributed by atoms with Crippen molar-refractivity contribution in [2.24, 2.45) is 0 Å². The summed E-state index contributed by atoms with van der Waals surface area (Å²) >= 11 is 0. The van der Waals surface area contributed by atoms with Crippen LogP contribution in [0.3, 0.4) is 0 Å². The molecule has 0 spiro atoms. The predicted octanol–water partition coefficient (Wildman–Crippen LogP) is 12.5. The summed E-state index contributed by atoms with van der Waals surface area (Å²) in [6.07, 6.45) is 15.5. The molecule has 0 aliphatic heterocycles. The van der Waals surface area contributed by atoms with E-state index in [2.05, 4.69) is 218 Å². The van der Waals surface area contributed by atoms with Crippen molar-refractivity contribution in [3.63, 3.8) is 0 Å². The molecule has 0 bridgehead atoms. The van der Waals surface area contributed by atoms with Gasteiger partial charge in [0.25, 0.3) is 0 Å². The lowest BCUT2D eigenvalue weighted by molar-refractivity contribution is 0.637. The third-order valence-electron chi connectivity index (χ3n) is 10.2. The maximum atomic E-state index is 3.91. The van der Waals surface area contributed by atoms with Crippen LogP contribution in [0, 0.1) is 0 Å². The number of nitrogens with zero attached hydrogens (tertiary/aromatic N) is 2. The fourth-order valence-corrected chi connectivity index (χ4v) is 7.05. The molecule has 52 heavy (non-hydrogen) atoms. The van der Waals surface area contributed by atoms with Crippen molar-refractivity contribution in [3.8, 4) is 0 Å². The fourth-order valence-electron chi connectivity index (χ4n) is 7.05. The number of hydrogen-bond acceptors (Lipinski definition) is 4. The molecule has 0 aromatic heterocycles. The second-order valence-corrected chi connectivity index (χ2v) is 14.8. The summed E-state index contributed by atoms with van der Waals surface area (Å²) in [4.78, 5) is 4.86. The van der Waals surface area contributed by atoms with E-state index in [-0.39, 0.29) is 11.1 Å². The number of benzene rings is 5. The van der Waals surface area contributed by atoms with Crippen LogP contribution in [-0.2, 0) is 13.1 Å². The van der Waals surface area contributed by atoms with Gasteiger partial charge in [0.2, 0.25) is 0 Å². The lowest BCUT2D eigenvalue weighted by Crippen LogP contribution is -2.34. The second kappa shape index (κ2) is 15.2. The molecule has 5 aromatic carbocycles. The van der Waals surface area contributed by atoms with E-state index in [0.717, 1.165) is 60.1 Å². The molecule has 2 aliphatic rings. The maximum absolute atomic E-state index is 3.91. The zero-order valence-corrected chi connectivity index (χ0v) is 30.9. The zero-order valence-electron chi connectivity index (χ0n) is 30.9. The quantitative estimate of drug-likeness (QED) is 0.137. The van der Waals surface area contributed by atoms with Gasteiger partial charge >= 0.3 is 0 Å². The van der Waals surface area contributed by atoms with Gasteiger partial charge in [-0.2, -0.15) is 0 Å². The molecule has 2 aliphatic carbocycles. The van der Waals surface area contributed by atoms with Gasteiger partial charge in [-0.25, -0.2) is 0 Å². The van der Waals surface area contributed by atoms with E-state index in [1.807, 2.05) is 0 Å². The third kappa shape index (κ3) is 8.24. The minimum Gasteiger partial charge on any atom is -0.374 e. The Morgan fingerprint density at radius 3 is 1.21 bits per heavy atom. The van der Waals surface area contributed by atoms with Crippen molar-refractivity contribution in [1.29, 1.82) is 0 Å². The summed E-state index contributed by atoms with van der Waals surface area (Å²) in [6.45, 7) is 10.4. The average molecular weight is 683 g/mol. The first-order chi connectivity index (χ1) is 25.3. The molecule has 0 amide bonds. The second-order valence-electron chi connectivity index (χ2n) is 14.8. The van der Waals surface area contributed by atoms with E-state index < -0.39 is 0 Å².